The molecule has 0 aliphatic carbocycles. The van der Waals surface area contributed by atoms with Gasteiger partial charge in [-0.1, -0.05) is 30.5 Å². The molecule has 1 aromatic carbocycles. The summed E-state index contributed by atoms with van der Waals surface area (Å²) in [5.41, 5.74) is 4.63. The molecule has 4 heterocycles. The van der Waals surface area contributed by atoms with Crippen molar-refractivity contribution in [1.82, 2.24) is 20.0 Å². The van der Waals surface area contributed by atoms with Crippen LogP contribution in [0.3, 0.4) is 0 Å². The SMILES string of the molecule is C=C1c2c(C)cncc2N=CN1Cc1nc([C-]2CO[C@@H](c3ccc(O)cc3)C2)no1.[K+]. The van der Waals surface area contributed by atoms with Gasteiger partial charge in [0.25, 0.3) is 0 Å². The van der Waals surface area contributed by atoms with Crippen LogP contribution in [0.25, 0.3) is 5.70 Å². The first-order valence-corrected chi connectivity index (χ1v) is 9.61. The fourth-order valence-electron chi connectivity index (χ4n) is 3.72. The first kappa shape index (κ1) is 22.2. The van der Waals surface area contributed by atoms with Crippen molar-refractivity contribution in [3.63, 3.8) is 0 Å². The van der Waals surface area contributed by atoms with E-state index >= 15 is 0 Å². The molecule has 1 fully saturated rings. The number of benzene rings is 1. The van der Waals surface area contributed by atoms with Crippen LogP contribution in [0, 0.1) is 12.8 Å². The van der Waals surface area contributed by atoms with Gasteiger partial charge in [0.05, 0.1) is 24.3 Å². The van der Waals surface area contributed by atoms with Crippen molar-refractivity contribution in [2.45, 2.75) is 26.0 Å². The monoisotopic (exact) mass is 441 g/mol. The molecule has 0 saturated carbocycles. The minimum Gasteiger partial charge on any atom is -0.508 e. The molecule has 31 heavy (non-hydrogen) atoms. The molecule has 1 atom stereocenters. The standard InChI is InChI=1S/C22H20N5O3.K/c1-13-8-23-9-18-21(13)14(2)27(12-24-18)10-20-25-22(26-30-20)16-7-19(29-11-16)15-3-5-17(28)6-4-15;/h3-6,8-9,12,19,28H,2,7,10-11H2,1H3;/q-1;+1/t19-;/m1./s1. The molecule has 0 bridgehead atoms. The number of aliphatic imine (C=N–C) groups is 1. The second-order valence-corrected chi connectivity index (χ2v) is 7.38. The van der Waals surface area contributed by atoms with Crippen LogP contribution in [-0.4, -0.2) is 38.1 Å². The summed E-state index contributed by atoms with van der Waals surface area (Å²) in [6, 6.07) is 7.04. The Kier molecular flexibility index (Phi) is 6.61. The second kappa shape index (κ2) is 9.23. The summed E-state index contributed by atoms with van der Waals surface area (Å²) in [5.74, 6) is 2.27. The molecule has 2 aromatic heterocycles. The second-order valence-electron chi connectivity index (χ2n) is 7.38. The molecule has 152 valence electrons. The van der Waals surface area contributed by atoms with Crippen LogP contribution < -0.4 is 51.4 Å². The van der Waals surface area contributed by atoms with Crippen molar-refractivity contribution in [2.75, 3.05) is 6.61 Å². The molecule has 1 N–H and O–H groups in total. The minimum atomic E-state index is -0.0790. The Hall–Kier alpha value is -2.01. The van der Waals surface area contributed by atoms with Crippen LogP contribution in [0.4, 0.5) is 5.69 Å². The average molecular weight is 442 g/mol. The largest absolute Gasteiger partial charge is 1.00 e. The predicted molar refractivity (Wildman–Crippen MR) is 110 cm³/mol. The van der Waals surface area contributed by atoms with Crippen LogP contribution in [0.15, 0.2) is 52.8 Å². The van der Waals surface area contributed by atoms with Gasteiger partial charge in [-0.15, -0.1) is 6.42 Å². The van der Waals surface area contributed by atoms with Gasteiger partial charge in [0.1, 0.15) is 12.3 Å². The van der Waals surface area contributed by atoms with E-state index in [1.54, 1.807) is 30.9 Å². The molecular weight excluding hydrogens is 421 g/mol. The summed E-state index contributed by atoms with van der Waals surface area (Å²) in [4.78, 5) is 15.1. The number of aromatic nitrogens is 3. The third kappa shape index (κ3) is 4.47. The van der Waals surface area contributed by atoms with Gasteiger partial charge in [-0.2, -0.15) is 0 Å². The molecule has 2 aliphatic rings. The van der Waals surface area contributed by atoms with Gasteiger partial charge in [-0.05, 0) is 30.2 Å². The molecule has 0 unspecified atom stereocenters. The van der Waals surface area contributed by atoms with Crippen molar-refractivity contribution in [3.05, 3.63) is 77.6 Å². The number of hydrogen-bond donors (Lipinski definition) is 1. The Bertz CT molecular complexity index is 1130. The predicted octanol–water partition coefficient (Wildman–Crippen LogP) is 0.713. The van der Waals surface area contributed by atoms with Gasteiger partial charge in [-0.25, -0.2) is 9.98 Å². The average Bonchev–Trinajstić information content (AvgIpc) is 3.40. The Morgan fingerprint density at radius 2 is 2.06 bits per heavy atom. The zero-order chi connectivity index (χ0) is 20.7. The number of pyridine rings is 1. The fourth-order valence-corrected chi connectivity index (χ4v) is 3.72. The van der Waals surface area contributed by atoms with E-state index in [4.69, 9.17) is 9.26 Å². The molecule has 0 radical (unpaired) electrons. The van der Waals surface area contributed by atoms with Crippen LogP contribution in [0.2, 0.25) is 0 Å². The number of aryl methyl sites for hydroxylation is 1. The van der Waals surface area contributed by atoms with Crippen LogP contribution in [0.5, 0.6) is 5.75 Å². The molecule has 0 amide bonds. The Morgan fingerprint density at radius 3 is 2.87 bits per heavy atom. The van der Waals surface area contributed by atoms with Gasteiger partial charge in [-0.3, -0.25) is 10.9 Å². The van der Waals surface area contributed by atoms with Gasteiger partial charge in [0.2, 0.25) is 5.89 Å². The normalized spacial score (nSPS) is 17.6. The van der Waals surface area contributed by atoms with E-state index in [9.17, 15) is 5.11 Å². The summed E-state index contributed by atoms with van der Waals surface area (Å²) in [6.07, 6.45) is 5.84. The van der Waals surface area contributed by atoms with Crippen LogP contribution in [0.1, 0.15) is 40.9 Å². The number of nitrogens with zero attached hydrogens (tertiary/aromatic N) is 5. The number of ether oxygens (including phenoxy) is 1. The summed E-state index contributed by atoms with van der Waals surface area (Å²) in [6.45, 7) is 7.02. The minimum absolute atomic E-state index is 0. The maximum absolute atomic E-state index is 9.45. The first-order valence-electron chi connectivity index (χ1n) is 9.61. The Morgan fingerprint density at radius 1 is 1.26 bits per heavy atom. The Balaban J connectivity index is 0.00000231. The van der Waals surface area contributed by atoms with Gasteiger partial charge in [0, 0.05) is 23.3 Å². The number of hydrogen-bond acceptors (Lipinski definition) is 8. The molecule has 0 spiro atoms. The zero-order valence-corrected chi connectivity index (χ0v) is 20.6. The van der Waals surface area contributed by atoms with E-state index in [-0.39, 0.29) is 63.2 Å². The van der Waals surface area contributed by atoms with Crippen molar-refractivity contribution in [2.24, 2.45) is 4.99 Å². The van der Waals surface area contributed by atoms with E-state index in [2.05, 4.69) is 26.7 Å². The van der Waals surface area contributed by atoms with Crippen molar-refractivity contribution < 1.29 is 65.8 Å². The first-order chi connectivity index (χ1) is 14.6. The summed E-state index contributed by atoms with van der Waals surface area (Å²) in [5, 5.41) is 13.6. The summed E-state index contributed by atoms with van der Waals surface area (Å²) >= 11 is 0. The zero-order valence-electron chi connectivity index (χ0n) is 17.4. The molecule has 5 rings (SSSR count). The van der Waals surface area contributed by atoms with E-state index < -0.39 is 0 Å². The Labute approximate surface area is 222 Å². The number of phenolic OH excluding ortho intramolecular Hbond substituents is 1. The molecular formula is C22H20KN5O3. The van der Waals surface area contributed by atoms with Crippen LogP contribution in [-0.2, 0) is 11.3 Å². The number of phenols is 1. The molecule has 3 aromatic rings. The summed E-state index contributed by atoms with van der Waals surface area (Å²) in [7, 11) is 0. The van der Waals surface area contributed by atoms with E-state index in [0.717, 1.165) is 34.0 Å². The smallest absolute Gasteiger partial charge is 0.508 e. The van der Waals surface area contributed by atoms with Crippen molar-refractivity contribution >= 4 is 17.7 Å². The van der Waals surface area contributed by atoms with Crippen molar-refractivity contribution in [3.8, 4) is 5.75 Å². The maximum atomic E-state index is 9.45. The third-order valence-electron chi connectivity index (χ3n) is 5.33. The molecule has 9 heteroatoms. The van der Waals surface area contributed by atoms with Crippen LogP contribution >= 0.6 is 0 Å². The number of aromatic hydroxyl groups is 1. The third-order valence-corrected chi connectivity index (χ3v) is 5.33. The van der Waals surface area contributed by atoms with E-state index in [1.807, 2.05) is 24.0 Å². The molecule has 2 aliphatic heterocycles. The summed E-state index contributed by atoms with van der Waals surface area (Å²) < 4.78 is 11.4. The van der Waals surface area contributed by atoms with E-state index in [1.165, 1.54) is 0 Å². The van der Waals surface area contributed by atoms with Gasteiger partial charge >= 0.3 is 51.4 Å². The van der Waals surface area contributed by atoms with Crippen molar-refractivity contribution in [1.29, 1.82) is 0 Å². The quantitative estimate of drug-likeness (QED) is 0.471. The van der Waals surface area contributed by atoms with Gasteiger partial charge < -0.3 is 19.3 Å². The maximum Gasteiger partial charge on any atom is 1.00 e. The fraction of sp³-hybridized carbons (Fsp3) is 0.227. The molecule has 8 nitrogen and oxygen atoms in total. The van der Waals surface area contributed by atoms with E-state index in [0.29, 0.717) is 31.3 Å². The number of rotatable bonds is 4. The van der Waals surface area contributed by atoms with Gasteiger partial charge in [0.15, 0.2) is 0 Å². The molecule has 1 saturated heterocycles. The number of fused-ring (bicyclic) bond motifs is 1. The topological polar surface area (TPSA) is 96.9 Å².